The molecule has 0 aromatic heterocycles. The van der Waals surface area contributed by atoms with Gasteiger partial charge in [0, 0.05) is 28.7 Å². The molecule has 0 spiro atoms. The van der Waals surface area contributed by atoms with Crippen molar-refractivity contribution in [1.82, 2.24) is 0 Å². The maximum absolute atomic E-state index is 12.3. The molecule has 0 saturated carbocycles. The van der Waals surface area contributed by atoms with E-state index >= 15 is 0 Å². The third-order valence-corrected chi connectivity index (χ3v) is 4.38. The summed E-state index contributed by atoms with van der Waals surface area (Å²) < 4.78 is 0. The van der Waals surface area contributed by atoms with E-state index in [4.69, 9.17) is 5.73 Å². The lowest BCUT2D eigenvalue weighted by Gasteiger charge is -2.18. The number of anilines is 2. The van der Waals surface area contributed by atoms with Crippen molar-refractivity contribution in [3.63, 3.8) is 0 Å². The number of amides is 1. The molecule has 3 N–H and O–H groups in total. The molecule has 0 heterocycles. The van der Waals surface area contributed by atoms with Gasteiger partial charge in [-0.05, 0) is 45.7 Å². The monoisotopic (exact) mass is 326 g/mol. The molecule has 0 bridgehead atoms. The van der Waals surface area contributed by atoms with Crippen LogP contribution in [-0.2, 0) is 14.4 Å². The van der Waals surface area contributed by atoms with Crippen molar-refractivity contribution in [2.45, 2.75) is 40.0 Å². The number of nitrogen functional groups attached to an aromatic ring is 1. The van der Waals surface area contributed by atoms with Gasteiger partial charge in [-0.3, -0.25) is 14.4 Å². The molecule has 0 unspecified atom stereocenters. The van der Waals surface area contributed by atoms with Gasteiger partial charge in [0.25, 0.3) is 0 Å². The SMILES string of the molecule is CC1=C(C)C(=O)C(CCCC(=O)Nc2ccccc2N)=C(C)C1=O. The standard InChI is InChI=1S/C19H22N2O3/c1-11-12(2)19(24)14(13(3)18(11)23)7-6-10-17(22)21-16-9-5-4-8-15(16)20/h4-5,8-9H,6-7,10,20H2,1-3H3,(H,21,22). The van der Waals surface area contributed by atoms with Crippen LogP contribution in [-0.4, -0.2) is 17.5 Å². The van der Waals surface area contributed by atoms with Crippen LogP contribution in [0.25, 0.3) is 0 Å². The lowest BCUT2D eigenvalue weighted by Crippen LogP contribution is -2.21. The number of nitrogens with two attached hydrogens (primary N) is 1. The largest absolute Gasteiger partial charge is 0.397 e. The minimum Gasteiger partial charge on any atom is -0.397 e. The van der Waals surface area contributed by atoms with Gasteiger partial charge in [0.1, 0.15) is 0 Å². The van der Waals surface area contributed by atoms with E-state index in [0.29, 0.717) is 46.5 Å². The molecule has 2 rings (SSSR count). The molecule has 1 aromatic rings. The molecule has 0 atom stereocenters. The fourth-order valence-corrected chi connectivity index (χ4v) is 2.71. The third-order valence-electron chi connectivity index (χ3n) is 4.38. The van der Waals surface area contributed by atoms with Crippen molar-refractivity contribution in [2.24, 2.45) is 0 Å². The topological polar surface area (TPSA) is 89.3 Å². The number of hydrogen-bond acceptors (Lipinski definition) is 4. The zero-order valence-electron chi connectivity index (χ0n) is 14.2. The quantitative estimate of drug-likeness (QED) is 0.642. The van der Waals surface area contributed by atoms with Crippen molar-refractivity contribution in [2.75, 3.05) is 11.1 Å². The highest BCUT2D eigenvalue weighted by Crippen LogP contribution is 2.27. The Bertz CT molecular complexity index is 773. The number of allylic oxidation sites excluding steroid dienone is 4. The normalized spacial score (nSPS) is 15.1. The number of Topliss-reactive ketones (excluding diaryl/α,β-unsaturated/α-hetero) is 2. The number of nitrogens with one attached hydrogen (secondary N) is 1. The first-order valence-corrected chi connectivity index (χ1v) is 7.94. The molecule has 126 valence electrons. The van der Waals surface area contributed by atoms with E-state index in [1.807, 2.05) is 0 Å². The summed E-state index contributed by atoms with van der Waals surface area (Å²) in [6.45, 7) is 5.02. The Balaban J connectivity index is 1.95. The van der Waals surface area contributed by atoms with Gasteiger partial charge in [0.2, 0.25) is 5.91 Å². The third kappa shape index (κ3) is 3.62. The van der Waals surface area contributed by atoms with Crippen molar-refractivity contribution in [1.29, 1.82) is 0 Å². The molecule has 1 aromatic carbocycles. The minimum atomic E-state index is -0.163. The van der Waals surface area contributed by atoms with Crippen molar-refractivity contribution in [3.05, 3.63) is 46.6 Å². The number of hydrogen-bond donors (Lipinski definition) is 2. The maximum Gasteiger partial charge on any atom is 0.224 e. The van der Waals surface area contributed by atoms with E-state index in [9.17, 15) is 14.4 Å². The maximum atomic E-state index is 12.3. The second kappa shape index (κ2) is 7.25. The highest BCUT2D eigenvalue weighted by Gasteiger charge is 2.27. The first-order chi connectivity index (χ1) is 11.3. The molecular formula is C19H22N2O3. The van der Waals surface area contributed by atoms with E-state index < -0.39 is 0 Å². The number of carbonyl (C=O) groups excluding carboxylic acids is 3. The van der Waals surface area contributed by atoms with Gasteiger partial charge in [0.05, 0.1) is 11.4 Å². The summed E-state index contributed by atoms with van der Waals surface area (Å²) in [6, 6.07) is 7.04. The van der Waals surface area contributed by atoms with Gasteiger partial charge >= 0.3 is 0 Å². The smallest absolute Gasteiger partial charge is 0.224 e. The van der Waals surface area contributed by atoms with E-state index in [1.54, 1.807) is 45.0 Å². The molecule has 0 aliphatic heterocycles. The fourth-order valence-electron chi connectivity index (χ4n) is 2.71. The van der Waals surface area contributed by atoms with Gasteiger partial charge < -0.3 is 11.1 Å². The van der Waals surface area contributed by atoms with Crippen LogP contribution in [0.5, 0.6) is 0 Å². The van der Waals surface area contributed by atoms with E-state index in [-0.39, 0.29) is 23.9 Å². The Labute approximate surface area is 141 Å². The van der Waals surface area contributed by atoms with Gasteiger partial charge in [0.15, 0.2) is 11.6 Å². The average molecular weight is 326 g/mol. The predicted octanol–water partition coefficient (Wildman–Crippen LogP) is 3.18. The highest BCUT2D eigenvalue weighted by atomic mass is 16.2. The Hall–Kier alpha value is -2.69. The first kappa shape index (κ1) is 17.7. The number of ketones is 2. The van der Waals surface area contributed by atoms with E-state index in [2.05, 4.69) is 5.32 Å². The van der Waals surface area contributed by atoms with Crippen LogP contribution in [0.15, 0.2) is 46.6 Å². The van der Waals surface area contributed by atoms with Crippen LogP contribution < -0.4 is 11.1 Å². The van der Waals surface area contributed by atoms with Crippen molar-refractivity contribution < 1.29 is 14.4 Å². The van der Waals surface area contributed by atoms with Crippen LogP contribution >= 0.6 is 0 Å². The summed E-state index contributed by atoms with van der Waals surface area (Å²) in [5.74, 6) is -0.329. The van der Waals surface area contributed by atoms with E-state index in [0.717, 1.165) is 0 Å². The Kier molecular flexibility index (Phi) is 5.34. The molecular weight excluding hydrogens is 304 g/mol. The van der Waals surface area contributed by atoms with Gasteiger partial charge in [-0.25, -0.2) is 0 Å². The second-order valence-electron chi connectivity index (χ2n) is 6.00. The lowest BCUT2D eigenvalue weighted by molar-refractivity contribution is -0.117. The molecule has 1 aliphatic carbocycles. The summed E-state index contributed by atoms with van der Waals surface area (Å²) in [6.07, 6.45) is 1.17. The molecule has 0 fully saturated rings. The summed E-state index contributed by atoms with van der Waals surface area (Å²) in [5, 5.41) is 2.75. The van der Waals surface area contributed by atoms with Crippen LogP contribution in [0.1, 0.15) is 40.0 Å². The zero-order chi connectivity index (χ0) is 17.9. The zero-order valence-corrected chi connectivity index (χ0v) is 14.2. The first-order valence-electron chi connectivity index (χ1n) is 7.94. The Morgan fingerprint density at radius 2 is 1.62 bits per heavy atom. The molecule has 5 nitrogen and oxygen atoms in total. The second-order valence-corrected chi connectivity index (χ2v) is 6.00. The Morgan fingerprint density at radius 1 is 1.00 bits per heavy atom. The Morgan fingerprint density at radius 3 is 2.29 bits per heavy atom. The van der Waals surface area contributed by atoms with Crippen molar-refractivity contribution >= 4 is 28.8 Å². The molecule has 5 heteroatoms. The summed E-state index contributed by atoms with van der Waals surface area (Å²) in [4.78, 5) is 36.4. The molecule has 24 heavy (non-hydrogen) atoms. The number of carbonyl (C=O) groups is 3. The van der Waals surface area contributed by atoms with Gasteiger partial charge in [-0.2, -0.15) is 0 Å². The summed E-state index contributed by atoms with van der Waals surface area (Å²) in [7, 11) is 0. The van der Waals surface area contributed by atoms with Crippen LogP contribution in [0.4, 0.5) is 11.4 Å². The molecule has 1 amide bonds. The van der Waals surface area contributed by atoms with Crippen LogP contribution in [0, 0.1) is 0 Å². The summed E-state index contributed by atoms with van der Waals surface area (Å²) in [5.41, 5.74) is 8.91. The lowest BCUT2D eigenvalue weighted by atomic mass is 9.84. The summed E-state index contributed by atoms with van der Waals surface area (Å²) >= 11 is 0. The van der Waals surface area contributed by atoms with Gasteiger partial charge in [-0.1, -0.05) is 12.1 Å². The molecule has 0 radical (unpaired) electrons. The van der Waals surface area contributed by atoms with Crippen LogP contribution in [0.3, 0.4) is 0 Å². The van der Waals surface area contributed by atoms with Gasteiger partial charge in [-0.15, -0.1) is 0 Å². The molecule has 0 saturated heterocycles. The van der Waals surface area contributed by atoms with Crippen molar-refractivity contribution in [3.8, 4) is 0 Å². The average Bonchev–Trinajstić information content (AvgIpc) is 2.56. The minimum absolute atomic E-state index is 0.0800. The highest BCUT2D eigenvalue weighted by molar-refractivity contribution is 6.24. The van der Waals surface area contributed by atoms with Crippen LogP contribution in [0.2, 0.25) is 0 Å². The number of rotatable bonds is 5. The fraction of sp³-hybridized carbons (Fsp3) is 0.316. The predicted molar refractivity (Wildman–Crippen MR) is 94.4 cm³/mol. The number of benzene rings is 1. The van der Waals surface area contributed by atoms with E-state index in [1.165, 1.54) is 0 Å². The number of para-hydroxylation sites is 2. The molecule has 1 aliphatic rings.